The Balaban J connectivity index is 1.53. The predicted molar refractivity (Wildman–Crippen MR) is 134 cm³/mol. The summed E-state index contributed by atoms with van der Waals surface area (Å²) in [6.07, 6.45) is 2.25. The number of oxazole rings is 1. The number of rotatable bonds is 9. The van der Waals surface area contributed by atoms with Gasteiger partial charge in [-0.3, -0.25) is 4.79 Å². The van der Waals surface area contributed by atoms with Crippen molar-refractivity contribution in [1.82, 2.24) is 24.6 Å². The van der Waals surface area contributed by atoms with E-state index in [0.29, 0.717) is 23.1 Å². The van der Waals surface area contributed by atoms with Gasteiger partial charge in [-0.1, -0.05) is 17.7 Å². The highest BCUT2D eigenvalue weighted by molar-refractivity contribution is 6.32. The third-order valence-electron chi connectivity index (χ3n) is 5.86. The second kappa shape index (κ2) is 10.4. The molecule has 0 unspecified atom stereocenters. The van der Waals surface area contributed by atoms with Crippen LogP contribution in [0.5, 0.6) is 0 Å². The van der Waals surface area contributed by atoms with Crippen molar-refractivity contribution in [2.75, 3.05) is 18.9 Å². The van der Waals surface area contributed by atoms with E-state index in [2.05, 4.69) is 32.1 Å². The number of allylic oxidation sites excluding steroid dienone is 2. The van der Waals surface area contributed by atoms with Crippen LogP contribution in [-0.2, 0) is 11.0 Å². The third kappa shape index (κ3) is 6.01. The van der Waals surface area contributed by atoms with E-state index in [1.807, 2.05) is 0 Å². The molecule has 0 aliphatic heterocycles. The maximum Gasteiger partial charge on any atom is 0.417 e. The van der Waals surface area contributed by atoms with Gasteiger partial charge in [0.25, 0.3) is 6.01 Å². The van der Waals surface area contributed by atoms with Crippen LogP contribution in [0.1, 0.15) is 44.1 Å². The van der Waals surface area contributed by atoms with Gasteiger partial charge in [0.05, 0.1) is 16.6 Å². The number of aromatic nitrogens is 4. The van der Waals surface area contributed by atoms with Crippen LogP contribution in [0.3, 0.4) is 0 Å². The van der Waals surface area contributed by atoms with E-state index in [1.165, 1.54) is 11.0 Å². The van der Waals surface area contributed by atoms with Crippen molar-refractivity contribution in [2.24, 2.45) is 10.9 Å². The van der Waals surface area contributed by atoms with Gasteiger partial charge in [0.15, 0.2) is 17.2 Å². The Morgan fingerprint density at radius 3 is 2.78 bits per heavy atom. The molecule has 2 aromatic heterocycles. The van der Waals surface area contributed by atoms with Gasteiger partial charge in [0.1, 0.15) is 11.8 Å². The summed E-state index contributed by atoms with van der Waals surface area (Å²) in [4.78, 5) is 26.7. The second-order valence-electron chi connectivity index (χ2n) is 8.87. The van der Waals surface area contributed by atoms with Crippen LogP contribution in [0.2, 0.25) is 5.02 Å². The fourth-order valence-electron chi connectivity index (χ4n) is 3.73. The Hall–Kier alpha value is -3.67. The zero-order valence-electron chi connectivity index (χ0n) is 20.4. The van der Waals surface area contributed by atoms with Gasteiger partial charge in [0.2, 0.25) is 5.91 Å². The van der Waals surface area contributed by atoms with E-state index < -0.39 is 22.8 Å². The molecule has 1 aliphatic rings. The predicted octanol–water partition coefficient (Wildman–Crippen LogP) is 5.58. The molecule has 0 spiro atoms. The minimum atomic E-state index is -4.62. The Morgan fingerprint density at radius 1 is 1.41 bits per heavy atom. The number of amides is 1. The van der Waals surface area contributed by atoms with Crippen molar-refractivity contribution in [3.8, 4) is 0 Å². The van der Waals surface area contributed by atoms with Crippen molar-refractivity contribution in [3.63, 3.8) is 0 Å². The highest BCUT2D eigenvalue weighted by atomic mass is 35.5. The van der Waals surface area contributed by atoms with Crippen LogP contribution >= 0.6 is 11.6 Å². The molecule has 4 rings (SSSR count). The lowest BCUT2D eigenvalue weighted by Gasteiger charge is -2.16. The highest BCUT2D eigenvalue weighted by Crippen LogP contribution is 2.38. The second-order valence-corrected chi connectivity index (χ2v) is 9.28. The van der Waals surface area contributed by atoms with Crippen molar-refractivity contribution in [1.29, 1.82) is 0 Å². The summed E-state index contributed by atoms with van der Waals surface area (Å²) >= 11 is 5.77. The largest absolute Gasteiger partial charge is 0.423 e. The first-order valence-electron chi connectivity index (χ1n) is 11.4. The van der Waals surface area contributed by atoms with Crippen molar-refractivity contribution >= 4 is 47.2 Å². The first-order valence-corrected chi connectivity index (χ1v) is 11.8. The standard InChI is InChI=1S/C24H25ClF3N7O2/c1-13(22(36)34(4)11-15-6-7-15)5-8-20(29-3)35-21(30-12-31-35)14(2)32-23-33-18-9-16(24(26,27)28)17(25)10-19(18)37-23/h5,8-10,12,14-15H,3,6-7,11H2,1-2,4H3,(H,32,33)/b13-5+,20-8+/t14-/m0/s1. The molecule has 1 saturated carbocycles. The van der Waals surface area contributed by atoms with Crippen LogP contribution in [0.4, 0.5) is 19.2 Å². The molecule has 1 atom stereocenters. The smallest absolute Gasteiger partial charge is 0.417 e. The van der Waals surface area contributed by atoms with E-state index in [1.54, 1.807) is 37.9 Å². The van der Waals surface area contributed by atoms with Gasteiger partial charge in [-0.25, -0.2) is 9.98 Å². The lowest BCUT2D eigenvalue weighted by molar-refractivity contribution is -0.137. The summed E-state index contributed by atoms with van der Waals surface area (Å²) in [5.74, 6) is 1.22. The Labute approximate surface area is 215 Å². The first kappa shape index (κ1) is 26.4. The molecule has 1 fully saturated rings. The van der Waals surface area contributed by atoms with E-state index in [9.17, 15) is 18.0 Å². The van der Waals surface area contributed by atoms with Gasteiger partial charge in [0, 0.05) is 25.2 Å². The third-order valence-corrected chi connectivity index (χ3v) is 6.17. The van der Waals surface area contributed by atoms with Gasteiger partial charge in [-0.15, -0.1) is 0 Å². The molecule has 3 aromatic rings. The topological polar surface area (TPSA) is 101 Å². The number of benzene rings is 1. The first-order chi connectivity index (χ1) is 17.5. The number of fused-ring (bicyclic) bond motifs is 1. The van der Waals surface area contributed by atoms with Gasteiger partial charge < -0.3 is 14.6 Å². The minimum Gasteiger partial charge on any atom is -0.423 e. The average molecular weight is 536 g/mol. The molecular weight excluding hydrogens is 511 g/mol. The molecule has 1 aliphatic carbocycles. The molecule has 196 valence electrons. The van der Waals surface area contributed by atoms with Gasteiger partial charge >= 0.3 is 6.18 Å². The molecule has 0 bridgehead atoms. The molecule has 37 heavy (non-hydrogen) atoms. The Kier molecular flexibility index (Phi) is 7.39. The van der Waals surface area contributed by atoms with Crippen LogP contribution in [-0.4, -0.2) is 50.9 Å². The zero-order chi connectivity index (χ0) is 26.9. The molecular formula is C24H25ClF3N7O2. The Morgan fingerprint density at radius 2 is 2.14 bits per heavy atom. The fourth-order valence-corrected chi connectivity index (χ4v) is 3.99. The number of nitrogens with zero attached hydrogens (tertiary/aromatic N) is 6. The van der Waals surface area contributed by atoms with Crippen molar-refractivity contribution in [2.45, 2.75) is 38.9 Å². The van der Waals surface area contributed by atoms with Crippen LogP contribution in [0, 0.1) is 5.92 Å². The molecule has 2 heterocycles. The molecule has 1 aromatic carbocycles. The van der Waals surface area contributed by atoms with Crippen LogP contribution in [0.25, 0.3) is 16.9 Å². The number of carbonyl (C=O) groups is 1. The summed E-state index contributed by atoms with van der Waals surface area (Å²) in [5, 5.41) is 6.67. The maximum absolute atomic E-state index is 13.2. The lowest BCUT2D eigenvalue weighted by atomic mass is 10.2. The van der Waals surface area contributed by atoms with E-state index >= 15 is 0 Å². The molecule has 1 N–H and O–H groups in total. The average Bonchev–Trinajstić information content (AvgIpc) is 3.35. The number of hydrogen-bond donors (Lipinski definition) is 1. The summed E-state index contributed by atoms with van der Waals surface area (Å²) in [5.41, 5.74) is -0.375. The van der Waals surface area contributed by atoms with Crippen LogP contribution in [0.15, 0.2) is 45.6 Å². The number of aliphatic imine (C=N–C) groups is 1. The molecule has 0 radical (unpaired) electrons. The number of nitrogens with one attached hydrogen (secondary N) is 1. The summed E-state index contributed by atoms with van der Waals surface area (Å²) in [6.45, 7) is 7.78. The van der Waals surface area contributed by atoms with E-state index in [4.69, 9.17) is 16.0 Å². The number of anilines is 1. The summed E-state index contributed by atoms with van der Waals surface area (Å²) in [7, 11) is 1.78. The zero-order valence-corrected chi connectivity index (χ0v) is 21.1. The summed E-state index contributed by atoms with van der Waals surface area (Å²) < 4.78 is 46.4. The molecule has 0 saturated heterocycles. The summed E-state index contributed by atoms with van der Waals surface area (Å²) in [6, 6.07) is 1.34. The number of hydrogen-bond acceptors (Lipinski definition) is 7. The van der Waals surface area contributed by atoms with Gasteiger partial charge in [-0.05, 0) is 51.5 Å². The molecule has 1 amide bonds. The minimum absolute atomic E-state index is 0.00170. The van der Waals surface area contributed by atoms with Crippen molar-refractivity contribution in [3.05, 3.63) is 52.6 Å². The normalized spacial score (nSPS) is 15.6. The number of alkyl halides is 3. The quantitative estimate of drug-likeness (QED) is 0.218. The monoisotopic (exact) mass is 535 g/mol. The lowest BCUT2D eigenvalue weighted by Crippen LogP contribution is -2.29. The SMILES string of the molecule is C=N/C(=C\C=C(/C)C(=O)N(C)CC1CC1)n1ncnc1[C@H](C)Nc1nc2cc(C(F)(F)F)c(Cl)cc2o1. The highest BCUT2D eigenvalue weighted by Gasteiger charge is 2.34. The number of likely N-dealkylation sites (N-methyl/N-ethyl adjacent to an activating group) is 1. The van der Waals surface area contributed by atoms with Gasteiger partial charge in [-0.2, -0.15) is 27.9 Å². The Bertz CT molecular complexity index is 1390. The molecule has 9 nitrogen and oxygen atoms in total. The van der Waals surface area contributed by atoms with Crippen molar-refractivity contribution < 1.29 is 22.4 Å². The molecule has 13 heteroatoms. The van der Waals surface area contributed by atoms with E-state index in [0.717, 1.165) is 31.5 Å². The maximum atomic E-state index is 13.2. The van der Waals surface area contributed by atoms with E-state index in [-0.39, 0.29) is 23.0 Å². The van der Waals surface area contributed by atoms with Crippen LogP contribution < -0.4 is 5.32 Å². The number of halogens is 4. The fraction of sp³-hybridized carbons (Fsp3) is 0.375. The number of carbonyl (C=O) groups excluding carboxylic acids is 1.